The van der Waals surface area contributed by atoms with E-state index in [2.05, 4.69) is 11.1 Å². The predicted octanol–water partition coefficient (Wildman–Crippen LogP) is 3.78. The lowest BCUT2D eigenvalue weighted by Gasteiger charge is -2.25. The van der Waals surface area contributed by atoms with Gasteiger partial charge in [0.15, 0.2) is 5.82 Å². The first kappa shape index (κ1) is 15.2. The van der Waals surface area contributed by atoms with Gasteiger partial charge in [0.2, 0.25) is 5.91 Å². The first-order valence-electron chi connectivity index (χ1n) is 7.92. The lowest BCUT2D eigenvalue weighted by Crippen LogP contribution is -2.27. The molecule has 0 fully saturated rings. The largest absolute Gasteiger partial charge is 0.497 e. The summed E-state index contributed by atoms with van der Waals surface area (Å²) in [6, 6.07) is 17.1. The number of rotatable bonds is 2. The summed E-state index contributed by atoms with van der Waals surface area (Å²) in [5, 5.41) is 9.69. The van der Waals surface area contributed by atoms with Crippen LogP contribution in [-0.4, -0.2) is 22.6 Å². The highest BCUT2D eigenvalue weighted by molar-refractivity contribution is 6.04. The average molecular weight is 329 g/mol. The van der Waals surface area contributed by atoms with Gasteiger partial charge in [0.05, 0.1) is 29.6 Å². The maximum atomic E-state index is 13.3. The van der Waals surface area contributed by atoms with E-state index in [0.29, 0.717) is 28.2 Å². The van der Waals surface area contributed by atoms with Gasteiger partial charge in [-0.05, 0) is 42.3 Å². The van der Waals surface area contributed by atoms with Gasteiger partial charge in [-0.3, -0.25) is 9.36 Å². The number of aromatic nitrogens is 2. The van der Waals surface area contributed by atoms with Crippen molar-refractivity contribution in [1.82, 2.24) is 9.55 Å². The topological polar surface area (TPSA) is 67.9 Å². The standard InChI is InChI=1S/C20H15N3O2/c1-12-15(11-21)19-22-16-8-3-4-9-17(16)23(19)20(24)18(12)13-6-5-7-14(10-13)25-2/h3-10,18H,1-2H3. The maximum absolute atomic E-state index is 13.3. The molecule has 25 heavy (non-hydrogen) atoms. The molecule has 1 aliphatic rings. The molecule has 0 bridgehead atoms. The fourth-order valence-electron chi connectivity index (χ4n) is 3.40. The van der Waals surface area contributed by atoms with Crippen LogP contribution in [0.5, 0.6) is 5.75 Å². The Morgan fingerprint density at radius 2 is 2.00 bits per heavy atom. The Bertz CT molecular complexity index is 1090. The summed E-state index contributed by atoms with van der Waals surface area (Å²) >= 11 is 0. The van der Waals surface area contributed by atoms with Crippen molar-refractivity contribution in [1.29, 1.82) is 5.26 Å². The molecule has 0 radical (unpaired) electrons. The number of imidazole rings is 1. The van der Waals surface area contributed by atoms with E-state index in [-0.39, 0.29) is 5.91 Å². The monoisotopic (exact) mass is 329 g/mol. The van der Waals surface area contributed by atoms with Gasteiger partial charge >= 0.3 is 0 Å². The Morgan fingerprint density at radius 3 is 2.76 bits per heavy atom. The first-order chi connectivity index (χ1) is 12.2. The van der Waals surface area contributed by atoms with Crippen molar-refractivity contribution >= 4 is 22.5 Å². The van der Waals surface area contributed by atoms with Crippen LogP contribution in [0.4, 0.5) is 0 Å². The van der Waals surface area contributed by atoms with Crippen LogP contribution in [0.2, 0.25) is 0 Å². The summed E-state index contributed by atoms with van der Waals surface area (Å²) in [6.07, 6.45) is 0. The zero-order valence-electron chi connectivity index (χ0n) is 13.9. The van der Waals surface area contributed by atoms with Gasteiger partial charge in [0.25, 0.3) is 0 Å². The molecule has 0 saturated carbocycles. The van der Waals surface area contributed by atoms with E-state index >= 15 is 0 Å². The minimum Gasteiger partial charge on any atom is -0.497 e. The van der Waals surface area contributed by atoms with Gasteiger partial charge in [-0.1, -0.05) is 24.3 Å². The van der Waals surface area contributed by atoms with E-state index in [0.717, 1.165) is 11.1 Å². The van der Waals surface area contributed by atoms with Crippen LogP contribution in [0, 0.1) is 11.3 Å². The van der Waals surface area contributed by atoms with Crippen LogP contribution >= 0.6 is 0 Å². The van der Waals surface area contributed by atoms with E-state index in [4.69, 9.17) is 4.74 Å². The van der Waals surface area contributed by atoms with Crippen molar-refractivity contribution in [3.8, 4) is 11.8 Å². The molecule has 2 heterocycles. The van der Waals surface area contributed by atoms with Crippen molar-refractivity contribution in [2.24, 2.45) is 0 Å². The van der Waals surface area contributed by atoms with Gasteiger partial charge in [-0.25, -0.2) is 4.98 Å². The molecule has 1 aromatic heterocycles. The third-order valence-electron chi connectivity index (χ3n) is 4.62. The SMILES string of the molecule is COc1cccc(C2C(=O)n3c(nc4ccccc43)C(C#N)=C2C)c1. The Labute approximate surface area is 144 Å². The lowest BCUT2D eigenvalue weighted by molar-refractivity contribution is 0.0892. The summed E-state index contributed by atoms with van der Waals surface area (Å²) in [4.78, 5) is 17.8. The molecule has 1 aliphatic heterocycles. The van der Waals surface area contributed by atoms with E-state index in [1.54, 1.807) is 11.7 Å². The summed E-state index contributed by atoms with van der Waals surface area (Å²) in [6.45, 7) is 1.82. The normalized spacial score (nSPS) is 16.7. The number of carbonyl (C=O) groups is 1. The smallest absolute Gasteiger partial charge is 0.244 e. The van der Waals surface area contributed by atoms with Crippen LogP contribution in [0.25, 0.3) is 16.6 Å². The fraction of sp³-hybridized carbons (Fsp3) is 0.150. The van der Waals surface area contributed by atoms with Crippen molar-refractivity contribution in [2.75, 3.05) is 7.11 Å². The van der Waals surface area contributed by atoms with Gasteiger partial charge in [-0.2, -0.15) is 5.26 Å². The number of hydrogen-bond acceptors (Lipinski definition) is 4. The van der Waals surface area contributed by atoms with Crippen molar-refractivity contribution in [3.05, 3.63) is 65.5 Å². The molecule has 5 nitrogen and oxygen atoms in total. The third kappa shape index (κ3) is 2.15. The average Bonchev–Trinajstić information content (AvgIpc) is 3.02. The van der Waals surface area contributed by atoms with E-state index in [9.17, 15) is 10.1 Å². The number of para-hydroxylation sites is 2. The van der Waals surface area contributed by atoms with Gasteiger partial charge in [-0.15, -0.1) is 0 Å². The maximum Gasteiger partial charge on any atom is 0.244 e. The molecule has 1 atom stereocenters. The summed E-state index contributed by atoms with van der Waals surface area (Å²) < 4.78 is 6.84. The molecule has 0 N–H and O–H groups in total. The van der Waals surface area contributed by atoms with Gasteiger partial charge in [0.1, 0.15) is 11.8 Å². The molecule has 0 aliphatic carbocycles. The zero-order valence-corrected chi connectivity index (χ0v) is 13.9. The number of ether oxygens (including phenoxy) is 1. The number of nitrogens with zero attached hydrogens (tertiary/aromatic N) is 3. The second kappa shape index (κ2) is 5.60. The predicted molar refractivity (Wildman–Crippen MR) is 94.3 cm³/mol. The Kier molecular flexibility index (Phi) is 3.40. The molecule has 2 aromatic carbocycles. The minimum absolute atomic E-state index is 0.103. The second-order valence-corrected chi connectivity index (χ2v) is 5.98. The number of hydrogen-bond donors (Lipinski definition) is 0. The van der Waals surface area contributed by atoms with Crippen molar-refractivity contribution in [2.45, 2.75) is 12.8 Å². The number of carbonyl (C=O) groups excluding carboxylic acids is 1. The molecule has 0 saturated heterocycles. The summed E-state index contributed by atoms with van der Waals surface area (Å²) in [5.41, 5.74) is 3.39. The number of benzene rings is 2. The fourth-order valence-corrected chi connectivity index (χ4v) is 3.40. The molecule has 122 valence electrons. The van der Waals surface area contributed by atoms with Crippen LogP contribution in [0.15, 0.2) is 54.1 Å². The molecular weight excluding hydrogens is 314 g/mol. The molecule has 1 unspecified atom stereocenters. The Morgan fingerprint density at radius 1 is 1.20 bits per heavy atom. The summed E-state index contributed by atoms with van der Waals surface area (Å²) in [7, 11) is 1.59. The Hall–Kier alpha value is -3.39. The van der Waals surface area contributed by atoms with Gasteiger partial charge < -0.3 is 4.74 Å². The molecule has 3 aromatic rings. The summed E-state index contributed by atoms with van der Waals surface area (Å²) in [5.74, 6) is 0.464. The van der Waals surface area contributed by atoms with Crippen molar-refractivity contribution < 1.29 is 9.53 Å². The number of allylic oxidation sites excluding steroid dienone is 2. The second-order valence-electron chi connectivity index (χ2n) is 5.98. The molecule has 4 rings (SSSR count). The molecule has 0 amide bonds. The van der Waals surface area contributed by atoms with Crippen LogP contribution < -0.4 is 4.74 Å². The highest BCUT2D eigenvalue weighted by atomic mass is 16.5. The minimum atomic E-state index is -0.533. The highest BCUT2D eigenvalue weighted by Crippen LogP contribution is 2.39. The zero-order chi connectivity index (χ0) is 17.6. The molecule has 0 spiro atoms. The highest BCUT2D eigenvalue weighted by Gasteiger charge is 2.35. The Balaban J connectivity index is 2.00. The van der Waals surface area contributed by atoms with Crippen LogP contribution in [-0.2, 0) is 0 Å². The molecule has 5 heteroatoms. The molecular formula is C20H15N3O2. The van der Waals surface area contributed by atoms with Gasteiger partial charge in [0, 0.05) is 0 Å². The number of methoxy groups -OCH3 is 1. The first-order valence-corrected chi connectivity index (χ1v) is 7.92. The van der Waals surface area contributed by atoms with E-state index in [1.807, 2.05) is 55.5 Å². The number of fused-ring (bicyclic) bond motifs is 3. The van der Waals surface area contributed by atoms with Crippen molar-refractivity contribution in [3.63, 3.8) is 0 Å². The van der Waals surface area contributed by atoms with Crippen LogP contribution in [0.3, 0.4) is 0 Å². The lowest BCUT2D eigenvalue weighted by atomic mass is 9.85. The number of nitriles is 1. The van der Waals surface area contributed by atoms with E-state index in [1.165, 1.54) is 0 Å². The van der Waals surface area contributed by atoms with E-state index < -0.39 is 5.92 Å². The third-order valence-corrected chi connectivity index (χ3v) is 4.62. The quantitative estimate of drug-likeness (QED) is 0.717. The van der Waals surface area contributed by atoms with Crippen LogP contribution in [0.1, 0.15) is 29.0 Å².